The number of rotatable bonds is 3. The van der Waals surface area contributed by atoms with Gasteiger partial charge in [0, 0.05) is 30.5 Å². The van der Waals surface area contributed by atoms with Gasteiger partial charge in [-0.05, 0) is 33.3 Å². The number of ether oxygens (including phenoxy) is 3. The summed E-state index contributed by atoms with van der Waals surface area (Å²) in [7, 11) is 0. The lowest BCUT2D eigenvalue weighted by atomic mass is 9.89. The van der Waals surface area contributed by atoms with E-state index in [-0.39, 0.29) is 17.7 Å². The van der Waals surface area contributed by atoms with Crippen LogP contribution in [0.3, 0.4) is 0 Å². The summed E-state index contributed by atoms with van der Waals surface area (Å²) in [6.45, 7) is 11.2. The van der Waals surface area contributed by atoms with Gasteiger partial charge in [-0.3, -0.25) is 0 Å². The fourth-order valence-electron chi connectivity index (χ4n) is 3.80. The van der Waals surface area contributed by atoms with E-state index in [1.165, 1.54) is 11.3 Å². The zero-order chi connectivity index (χ0) is 20.1. The molecule has 0 aliphatic carbocycles. The van der Waals surface area contributed by atoms with Crippen LogP contribution in [0.4, 0.5) is 11.5 Å². The molecule has 4 rings (SSSR count). The first-order valence-electron chi connectivity index (χ1n) is 9.68. The van der Waals surface area contributed by atoms with Crippen LogP contribution in [-0.4, -0.2) is 49.0 Å². The maximum atomic E-state index is 12.6. The van der Waals surface area contributed by atoms with Gasteiger partial charge in [-0.2, -0.15) is 0 Å². The molecule has 2 aromatic heterocycles. The molecule has 1 saturated heterocycles. The molecule has 0 saturated carbocycles. The number of morpholine rings is 1. The molecule has 2 N–H and O–H groups in total. The SMILES string of the molecule is CC(C)OC(=O)c1sc2nc(N3CCOCC3)c3c(c2c1N)CC(C)(C)OC3. The van der Waals surface area contributed by atoms with Crippen LogP contribution in [0.15, 0.2) is 0 Å². The number of hydrogen-bond acceptors (Lipinski definition) is 8. The van der Waals surface area contributed by atoms with Gasteiger partial charge in [-0.25, -0.2) is 9.78 Å². The highest BCUT2D eigenvalue weighted by Crippen LogP contribution is 2.43. The lowest BCUT2D eigenvalue weighted by Gasteiger charge is -2.36. The summed E-state index contributed by atoms with van der Waals surface area (Å²) in [5.74, 6) is 0.537. The molecule has 152 valence electrons. The van der Waals surface area contributed by atoms with Crippen molar-refractivity contribution in [3.8, 4) is 0 Å². The molecule has 28 heavy (non-hydrogen) atoms. The second kappa shape index (κ2) is 7.17. The van der Waals surface area contributed by atoms with Gasteiger partial charge in [0.1, 0.15) is 15.5 Å². The van der Waals surface area contributed by atoms with E-state index in [0.29, 0.717) is 30.4 Å². The topological polar surface area (TPSA) is 86.9 Å². The Balaban J connectivity index is 1.89. The molecule has 2 aliphatic rings. The van der Waals surface area contributed by atoms with Crippen LogP contribution in [0.2, 0.25) is 0 Å². The van der Waals surface area contributed by atoms with Crippen molar-refractivity contribution in [2.75, 3.05) is 36.9 Å². The van der Waals surface area contributed by atoms with Gasteiger partial charge in [0.15, 0.2) is 0 Å². The molecule has 2 aliphatic heterocycles. The van der Waals surface area contributed by atoms with Gasteiger partial charge in [0.05, 0.1) is 37.2 Å². The van der Waals surface area contributed by atoms with Crippen molar-refractivity contribution in [2.45, 2.75) is 52.4 Å². The van der Waals surface area contributed by atoms with Crippen LogP contribution >= 0.6 is 11.3 Å². The molecule has 0 aromatic carbocycles. The molecule has 0 bridgehead atoms. The molecule has 0 unspecified atom stereocenters. The number of aromatic nitrogens is 1. The molecule has 0 amide bonds. The molecule has 1 fully saturated rings. The highest BCUT2D eigenvalue weighted by Gasteiger charge is 2.34. The first kappa shape index (κ1) is 19.4. The van der Waals surface area contributed by atoms with E-state index >= 15 is 0 Å². The molecule has 7 nitrogen and oxygen atoms in total. The number of fused-ring (bicyclic) bond motifs is 3. The summed E-state index contributed by atoms with van der Waals surface area (Å²) in [4.78, 5) is 20.9. The van der Waals surface area contributed by atoms with E-state index in [1.807, 2.05) is 13.8 Å². The smallest absolute Gasteiger partial charge is 0.350 e. The Morgan fingerprint density at radius 3 is 2.68 bits per heavy atom. The summed E-state index contributed by atoms with van der Waals surface area (Å²) in [5, 5.41) is 0.879. The number of esters is 1. The Labute approximate surface area is 168 Å². The van der Waals surface area contributed by atoms with Gasteiger partial charge in [-0.15, -0.1) is 11.3 Å². The lowest BCUT2D eigenvalue weighted by molar-refractivity contribution is -0.0396. The molecule has 2 aromatic rings. The number of carbonyl (C=O) groups excluding carboxylic acids is 1. The fraction of sp³-hybridized carbons (Fsp3) is 0.600. The monoisotopic (exact) mass is 405 g/mol. The van der Waals surface area contributed by atoms with Crippen LogP contribution in [0.25, 0.3) is 10.2 Å². The third kappa shape index (κ3) is 3.44. The third-order valence-electron chi connectivity index (χ3n) is 5.12. The van der Waals surface area contributed by atoms with Crippen molar-refractivity contribution >= 4 is 39.0 Å². The van der Waals surface area contributed by atoms with Crippen LogP contribution in [0.1, 0.15) is 48.5 Å². The molecule has 0 atom stereocenters. The number of nitrogen functional groups attached to an aromatic ring is 1. The Morgan fingerprint density at radius 2 is 2.00 bits per heavy atom. The van der Waals surface area contributed by atoms with Gasteiger partial charge in [0.25, 0.3) is 0 Å². The largest absolute Gasteiger partial charge is 0.459 e. The minimum Gasteiger partial charge on any atom is -0.459 e. The molecule has 4 heterocycles. The molecular formula is C20H27N3O4S. The van der Waals surface area contributed by atoms with E-state index in [1.54, 1.807) is 0 Å². The minimum atomic E-state index is -0.386. The van der Waals surface area contributed by atoms with Gasteiger partial charge < -0.3 is 24.8 Å². The average molecular weight is 406 g/mol. The standard InChI is InChI=1S/C20H27N3O4S/c1-11(2)27-19(24)16-15(21)14-12-9-20(3,4)26-10-13(12)17(22-18(14)28-16)23-5-7-25-8-6-23/h11H,5-10,21H2,1-4H3. The third-order valence-corrected chi connectivity index (χ3v) is 6.20. The number of hydrogen-bond donors (Lipinski definition) is 1. The summed E-state index contributed by atoms with van der Waals surface area (Å²) in [6.07, 6.45) is 0.522. The first-order chi connectivity index (χ1) is 13.3. The van der Waals surface area contributed by atoms with Crippen molar-refractivity contribution in [1.82, 2.24) is 4.98 Å². The van der Waals surface area contributed by atoms with Crippen molar-refractivity contribution < 1.29 is 19.0 Å². The normalized spacial score (nSPS) is 19.1. The predicted molar refractivity (Wildman–Crippen MR) is 110 cm³/mol. The summed E-state index contributed by atoms with van der Waals surface area (Å²) in [6, 6.07) is 0. The Kier molecular flexibility index (Phi) is 4.97. The zero-order valence-electron chi connectivity index (χ0n) is 16.8. The van der Waals surface area contributed by atoms with E-state index in [2.05, 4.69) is 18.7 Å². The van der Waals surface area contributed by atoms with Gasteiger partial charge in [0.2, 0.25) is 0 Å². The summed E-state index contributed by atoms with van der Waals surface area (Å²) in [5.41, 5.74) is 8.84. The second-order valence-corrected chi connectivity index (χ2v) is 9.20. The highest BCUT2D eigenvalue weighted by molar-refractivity contribution is 7.21. The van der Waals surface area contributed by atoms with Crippen LogP contribution in [-0.2, 0) is 27.2 Å². The number of nitrogens with zero attached hydrogens (tertiary/aromatic N) is 2. The van der Waals surface area contributed by atoms with Crippen molar-refractivity contribution in [3.63, 3.8) is 0 Å². The first-order valence-corrected chi connectivity index (χ1v) is 10.5. The minimum absolute atomic E-state index is 0.199. The highest BCUT2D eigenvalue weighted by atomic mass is 32.1. The molecular weight excluding hydrogens is 378 g/mol. The van der Waals surface area contributed by atoms with Crippen molar-refractivity contribution in [1.29, 1.82) is 0 Å². The van der Waals surface area contributed by atoms with Gasteiger partial charge >= 0.3 is 5.97 Å². The number of thiophene rings is 1. The number of anilines is 2. The number of pyridine rings is 1. The number of nitrogens with two attached hydrogens (primary N) is 1. The quantitative estimate of drug-likeness (QED) is 0.785. The van der Waals surface area contributed by atoms with E-state index in [9.17, 15) is 4.79 Å². The van der Waals surface area contributed by atoms with Crippen LogP contribution < -0.4 is 10.6 Å². The van der Waals surface area contributed by atoms with E-state index < -0.39 is 0 Å². The van der Waals surface area contributed by atoms with Crippen molar-refractivity contribution in [2.24, 2.45) is 0 Å². The molecule has 0 radical (unpaired) electrons. The zero-order valence-corrected chi connectivity index (χ0v) is 17.6. The predicted octanol–water partition coefficient (Wildman–Crippen LogP) is 3.13. The summed E-state index contributed by atoms with van der Waals surface area (Å²) < 4.78 is 17.0. The fourth-order valence-corrected chi connectivity index (χ4v) is 4.80. The van der Waals surface area contributed by atoms with Crippen molar-refractivity contribution in [3.05, 3.63) is 16.0 Å². The second-order valence-electron chi connectivity index (χ2n) is 8.20. The number of carbonyl (C=O) groups is 1. The summed E-state index contributed by atoms with van der Waals surface area (Å²) >= 11 is 1.32. The Bertz CT molecular complexity index is 916. The molecule has 8 heteroatoms. The lowest BCUT2D eigenvalue weighted by Crippen LogP contribution is -2.39. The maximum Gasteiger partial charge on any atom is 0.350 e. The van der Waals surface area contributed by atoms with Crippen LogP contribution in [0.5, 0.6) is 0 Å². The van der Waals surface area contributed by atoms with E-state index in [0.717, 1.165) is 46.7 Å². The Morgan fingerprint density at radius 1 is 1.29 bits per heavy atom. The maximum absolute atomic E-state index is 12.6. The average Bonchev–Trinajstić information content (AvgIpc) is 2.97. The van der Waals surface area contributed by atoms with E-state index in [4.69, 9.17) is 24.9 Å². The van der Waals surface area contributed by atoms with Crippen LogP contribution in [0, 0.1) is 0 Å². The Hall–Kier alpha value is -1.90. The molecule has 0 spiro atoms. The van der Waals surface area contributed by atoms with Gasteiger partial charge in [-0.1, -0.05) is 0 Å².